The van der Waals surface area contributed by atoms with Crippen molar-refractivity contribution in [3.05, 3.63) is 83.7 Å². The number of aliphatic hydroxyl groups excluding tert-OH is 1. The van der Waals surface area contributed by atoms with Gasteiger partial charge in [-0.3, -0.25) is 9.78 Å². The number of hydrogen-bond acceptors (Lipinski definition) is 4. The lowest BCUT2D eigenvalue weighted by molar-refractivity contribution is 0.0910. The minimum absolute atomic E-state index is 0.124. The molecule has 0 radical (unpaired) electrons. The van der Waals surface area contributed by atoms with E-state index in [0.29, 0.717) is 23.3 Å². The van der Waals surface area contributed by atoms with Crippen LogP contribution in [0.4, 0.5) is 0 Å². The maximum Gasteiger partial charge on any atom is 0.255 e. The normalized spacial score (nSPS) is 11.9. The summed E-state index contributed by atoms with van der Waals surface area (Å²) in [5.41, 5.74) is 5.44. The summed E-state index contributed by atoms with van der Waals surface area (Å²) in [6.45, 7) is 3.57. The monoisotopic (exact) mass is 453 g/mol. The molecule has 2 aromatic carbocycles. The number of nitrogens with zero attached hydrogens (tertiary/aromatic N) is 1. The number of pyridine rings is 1. The number of H-pyrrole nitrogens is 1. The van der Waals surface area contributed by atoms with Crippen LogP contribution in [0.3, 0.4) is 0 Å². The number of aromatic amines is 1. The zero-order valence-electron chi connectivity index (χ0n) is 19.2. The van der Waals surface area contributed by atoms with Crippen molar-refractivity contribution in [2.24, 2.45) is 0 Å². The van der Waals surface area contributed by atoms with Gasteiger partial charge in [0.2, 0.25) is 0 Å². The predicted molar refractivity (Wildman–Crippen MR) is 134 cm³/mol. The summed E-state index contributed by atoms with van der Waals surface area (Å²) in [5, 5.41) is 13.8. The molecule has 1 aromatic heterocycles. The largest absolute Gasteiger partial charge is 0.489 e. The lowest BCUT2D eigenvalue weighted by atomic mass is 10.0. The first-order valence-corrected chi connectivity index (χ1v) is 11.2. The van der Waals surface area contributed by atoms with E-state index in [1.54, 1.807) is 18.2 Å². The SMILES string of the molecule is C#Cc1cccc(C(=O)N[C@@H](CO)Cc2c[nH]c3ccccc23)c1OC(C)C.c1cc2ncc1-2. The number of carbonyl (C=O) groups is 1. The smallest absolute Gasteiger partial charge is 0.255 e. The minimum atomic E-state index is -0.437. The molecule has 0 spiro atoms. The molecule has 0 saturated carbocycles. The topological polar surface area (TPSA) is 87.2 Å². The van der Waals surface area contributed by atoms with Crippen molar-refractivity contribution in [3.8, 4) is 29.4 Å². The van der Waals surface area contributed by atoms with Gasteiger partial charge in [0, 0.05) is 28.9 Å². The fourth-order valence-corrected chi connectivity index (χ4v) is 3.74. The minimum Gasteiger partial charge on any atom is -0.489 e. The average Bonchev–Trinajstić information content (AvgIpc) is 3.23. The van der Waals surface area contributed by atoms with Gasteiger partial charge in [-0.2, -0.15) is 0 Å². The number of aromatic nitrogens is 2. The number of fused-ring (bicyclic) bond motifs is 2. The highest BCUT2D eigenvalue weighted by molar-refractivity contribution is 5.98. The maximum absolute atomic E-state index is 12.9. The first-order chi connectivity index (χ1) is 16.5. The number of amides is 1. The number of para-hydroxylation sites is 2. The van der Waals surface area contributed by atoms with Gasteiger partial charge in [0.15, 0.2) is 0 Å². The van der Waals surface area contributed by atoms with Gasteiger partial charge in [0.05, 0.1) is 35.6 Å². The summed E-state index contributed by atoms with van der Waals surface area (Å²) >= 11 is 0. The molecule has 1 aliphatic carbocycles. The Morgan fingerprint density at radius 1 is 1.18 bits per heavy atom. The van der Waals surface area contributed by atoms with Crippen molar-refractivity contribution < 1.29 is 14.6 Å². The molecule has 3 aromatic rings. The molecule has 3 N–H and O–H groups in total. The number of ether oxygens (including phenoxy) is 1. The molecule has 2 heterocycles. The van der Waals surface area contributed by atoms with Crippen LogP contribution in [0.25, 0.3) is 22.2 Å². The van der Waals surface area contributed by atoms with Gasteiger partial charge in [0.25, 0.3) is 5.91 Å². The molecule has 1 amide bonds. The number of terminal acetylenes is 1. The van der Waals surface area contributed by atoms with Gasteiger partial charge >= 0.3 is 0 Å². The Hall–Kier alpha value is -4.08. The summed E-state index contributed by atoms with van der Waals surface area (Å²) in [4.78, 5) is 20.0. The molecule has 6 nitrogen and oxygen atoms in total. The van der Waals surface area contributed by atoms with E-state index in [4.69, 9.17) is 11.2 Å². The molecule has 0 unspecified atom stereocenters. The fourth-order valence-electron chi connectivity index (χ4n) is 3.74. The summed E-state index contributed by atoms with van der Waals surface area (Å²) in [6, 6.07) is 16.7. The van der Waals surface area contributed by atoms with Gasteiger partial charge in [-0.1, -0.05) is 30.2 Å². The number of hydrogen-bond donors (Lipinski definition) is 3. The standard InChI is InChI=1S/C23H24N2O3.C5H3N/c1-4-16-8-7-10-20(22(16)28-15(2)3)23(27)25-18(14-26)12-17-13-24-21-11-6-5-9-19(17)21;1-2-5-4(1)3-6-5/h1,5-11,13,15,18,24,26H,12,14H2,2-3H3,(H,25,27);1-3H/t18-;/m1./s1. The zero-order valence-corrected chi connectivity index (χ0v) is 19.2. The quantitative estimate of drug-likeness (QED) is 0.320. The van der Waals surface area contributed by atoms with Crippen molar-refractivity contribution in [1.82, 2.24) is 15.3 Å². The van der Waals surface area contributed by atoms with Crippen LogP contribution in [0.1, 0.15) is 35.3 Å². The van der Waals surface area contributed by atoms with Crippen molar-refractivity contribution in [2.45, 2.75) is 32.4 Å². The third kappa shape index (κ3) is 4.95. The van der Waals surface area contributed by atoms with Crippen LogP contribution in [0.15, 0.2) is 67.0 Å². The van der Waals surface area contributed by atoms with E-state index >= 15 is 0 Å². The first-order valence-electron chi connectivity index (χ1n) is 11.2. The Bertz CT molecular complexity index is 1310. The first kappa shape index (κ1) is 23.1. The molecule has 6 heteroatoms. The second kappa shape index (κ2) is 10.2. The Labute approximate surface area is 199 Å². The Kier molecular flexibility index (Phi) is 6.95. The van der Waals surface area contributed by atoms with E-state index in [0.717, 1.165) is 16.5 Å². The predicted octanol–water partition coefficient (Wildman–Crippen LogP) is 4.33. The van der Waals surface area contributed by atoms with E-state index in [1.165, 1.54) is 11.3 Å². The second-order valence-electron chi connectivity index (χ2n) is 8.34. The number of aliphatic hydroxyl groups is 1. The van der Waals surface area contributed by atoms with Crippen molar-refractivity contribution in [3.63, 3.8) is 0 Å². The highest BCUT2D eigenvalue weighted by atomic mass is 16.5. The third-order valence-electron chi connectivity index (χ3n) is 5.52. The van der Waals surface area contributed by atoms with Gasteiger partial charge in [-0.05, 0) is 56.2 Å². The third-order valence-corrected chi connectivity index (χ3v) is 5.52. The molecule has 0 saturated heterocycles. The summed E-state index contributed by atoms with van der Waals surface area (Å²) < 4.78 is 5.80. The van der Waals surface area contributed by atoms with Crippen LogP contribution >= 0.6 is 0 Å². The summed E-state index contributed by atoms with van der Waals surface area (Å²) in [6.07, 6.45) is 9.72. The summed E-state index contributed by atoms with van der Waals surface area (Å²) in [7, 11) is 0. The molecule has 1 atom stereocenters. The van der Waals surface area contributed by atoms with E-state index in [-0.39, 0.29) is 18.6 Å². The van der Waals surface area contributed by atoms with Crippen LogP contribution in [0.5, 0.6) is 5.75 Å². The number of nitrogens with one attached hydrogen (secondary N) is 2. The van der Waals surface area contributed by atoms with Gasteiger partial charge < -0.3 is 20.1 Å². The molecular weight excluding hydrogens is 426 g/mol. The van der Waals surface area contributed by atoms with E-state index in [2.05, 4.69) is 27.3 Å². The molecule has 5 rings (SSSR count). The molecule has 0 bridgehead atoms. The average molecular weight is 454 g/mol. The van der Waals surface area contributed by atoms with Crippen LogP contribution in [-0.2, 0) is 6.42 Å². The van der Waals surface area contributed by atoms with Gasteiger partial charge in [0.1, 0.15) is 5.75 Å². The number of carbonyl (C=O) groups excluding carboxylic acids is 1. The molecule has 2 aliphatic rings. The lowest BCUT2D eigenvalue weighted by Crippen LogP contribution is -2.39. The Morgan fingerprint density at radius 2 is 1.97 bits per heavy atom. The van der Waals surface area contributed by atoms with Gasteiger partial charge in [-0.25, -0.2) is 0 Å². The fraction of sp³-hybridized carbons (Fsp3) is 0.214. The van der Waals surface area contributed by atoms with E-state index < -0.39 is 6.04 Å². The molecule has 34 heavy (non-hydrogen) atoms. The molecule has 1 aliphatic heterocycles. The van der Waals surface area contributed by atoms with Crippen LogP contribution in [0, 0.1) is 12.3 Å². The van der Waals surface area contributed by atoms with E-state index in [1.807, 2.05) is 56.6 Å². The van der Waals surface area contributed by atoms with Crippen molar-refractivity contribution in [1.29, 1.82) is 0 Å². The Morgan fingerprint density at radius 3 is 2.56 bits per heavy atom. The van der Waals surface area contributed by atoms with Crippen molar-refractivity contribution >= 4 is 16.8 Å². The highest BCUT2D eigenvalue weighted by Gasteiger charge is 2.20. The van der Waals surface area contributed by atoms with E-state index in [9.17, 15) is 9.90 Å². The second-order valence-corrected chi connectivity index (χ2v) is 8.34. The number of benzene rings is 2. The lowest BCUT2D eigenvalue weighted by Gasteiger charge is -2.19. The van der Waals surface area contributed by atoms with Crippen LogP contribution in [-0.4, -0.2) is 39.7 Å². The molecular formula is C28H27N3O3. The van der Waals surface area contributed by atoms with Crippen molar-refractivity contribution in [2.75, 3.05) is 6.61 Å². The zero-order chi connectivity index (χ0) is 24.1. The maximum atomic E-state index is 12.9. The van der Waals surface area contributed by atoms with Crippen LogP contribution in [0.2, 0.25) is 0 Å². The Balaban J connectivity index is 0.000000388. The van der Waals surface area contributed by atoms with Gasteiger partial charge in [-0.15, -0.1) is 6.42 Å². The summed E-state index contributed by atoms with van der Waals surface area (Å²) in [5.74, 6) is 2.62. The highest BCUT2D eigenvalue weighted by Crippen LogP contribution is 2.26. The molecule has 172 valence electrons. The number of rotatable bonds is 7. The molecule has 0 fully saturated rings. The van der Waals surface area contributed by atoms with Crippen LogP contribution < -0.4 is 10.1 Å².